The van der Waals surface area contributed by atoms with Crippen molar-refractivity contribution in [2.24, 2.45) is 5.41 Å². The van der Waals surface area contributed by atoms with E-state index in [4.69, 9.17) is 10.5 Å². The minimum atomic E-state index is -0.720. The highest BCUT2D eigenvalue weighted by atomic mass is 15.2. The second kappa shape index (κ2) is 3.59. The van der Waals surface area contributed by atoms with Crippen molar-refractivity contribution in [3.8, 4) is 12.1 Å². The molecular weight excluding hydrogens is 174 g/mol. The fourth-order valence-electron chi connectivity index (χ4n) is 1.81. The highest BCUT2D eigenvalue weighted by Crippen LogP contribution is 2.32. The molecule has 0 aliphatic carbocycles. The summed E-state index contributed by atoms with van der Waals surface area (Å²) in [5, 5.41) is 17.9. The number of piperidine rings is 1. The summed E-state index contributed by atoms with van der Waals surface area (Å²) in [5.41, 5.74) is -0.571. The fraction of sp³-hybridized carbons (Fsp3) is 0.818. The van der Waals surface area contributed by atoms with Gasteiger partial charge < -0.3 is 0 Å². The van der Waals surface area contributed by atoms with Gasteiger partial charge in [-0.2, -0.15) is 10.5 Å². The first-order valence-electron chi connectivity index (χ1n) is 5.01. The van der Waals surface area contributed by atoms with E-state index in [0.29, 0.717) is 12.8 Å². The Labute approximate surface area is 85.9 Å². The predicted octanol–water partition coefficient (Wildman–Crippen LogP) is 1.91. The molecular formula is C11H17N3. The van der Waals surface area contributed by atoms with E-state index in [-0.39, 0.29) is 5.54 Å². The molecule has 0 aromatic carbocycles. The summed E-state index contributed by atoms with van der Waals surface area (Å²) < 4.78 is 0. The van der Waals surface area contributed by atoms with Gasteiger partial charge >= 0.3 is 0 Å². The van der Waals surface area contributed by atoms with E-state index < -0.39 is 5.41 Å². The first kappa shape index (κ1) is 11.0. The highest BCUT2D eigenvalue weighted by molar-refractivity contribution is 5.15. The van der Waals surface area contributed by atoms with Gasteiger partial charge in [-0.3, -0.25) is 4.90 Å². The molecule has 0 aromatic rings. The molecule has 0 radical (unpaired) electrons. The van der Waals surface area contributed by atoms with Crippen LogP contribution in [0.1, 0.15) is 33.6 Å². The van der Waals surface area contributed by atoms with Crippen LogP contribution in [0.4, 0.5) is 0 Å². The van der Waals surface area contributed by atoms with Gasteiger partial charge in [-0.15, -0.1) is 0 Å². The van der Waals surface area contributed by atoms with Crippen molar-refractivity contribution >= 4 is 0 Å². The average Bonchev–Trinajstić information content (AvgIpc) is 2.16. The molecule has 1 aliphatic rings. The highest BCUT2D eigenvalue weighted by Gasteiger charge is 2.37. The van der Waals surface area contributed by atoms with E-state index >= 15 is 0 Å². The second-order valence-corrected chi connectivity index (χ2v) is 4.96. The van der Waals surface area contributed by atoms with Gasteiger partial charge in [-0.25, -0.2) is 0 Å². The van der Waals surface area contributed by atoms with Gasteiger partial charge in [0.25, 0.3) is 0 Å². The number of hydrogen-bond acceptors (Lipinski definition) is 3. The third-order valence-electron chi connectivity index (χ3n) is 2.99. The molecule has 0 N–H and O–H groups in total. The molecule has 1 aliphatic heterocycles. The van der Waals surface area contributed by atoms with Gasteiger partial charge in [0.2, 0.25) is 0 Å². The van der Waals surface area contributed by atoms with Crippen molar-refractivity contribution in [3.05, 3.63) is 0 Å². The monoisotopic (exact) mass is 191 g/mol. The van der Waals surface area contributed by atoms with Crippen LogP contribution >= 0.6 is 0 Å². The van der Waals surface area contributed by atoms with Crippen molar-refractivity contribution in [3.63, 3.8) is 0 Å². The third-order valence-corrected chi connectivity index (χ3v) is 2.99. The fourth-order valence-corrected chi connectivity index (χ4v) is 1.81. The SMILES string of the molecule is CC(C)(C)N1CCC(C#N)(C#N)CC1. The number of likely N-dealkylation sites (tertiary alicyclic amines) is 1. The Morgan fingerprint density at radius 1 is 1.07 bits per heavy atom. The van der Waals surface area contributed by atoms with Gasteiger partial charge in [0.15, 0.2) is 0 Å². The lowest BCUT2D eigenvalue weighted by Gasteiger charge is -2.41. The molecule has 0 saturated carbocycles. The average molecular weight is 191 g/mol. The zero-order valence-corrected chi connectivity index (χ0v) is 9.17. The van der Waals surface area contributed by atoms with Crippen molar-refractivity contribution in [1.29, 1.82) is 10.5 Å². The Bertz CT molecular complexity index is 263. The molecule has 1 heterocycles. The zero-order valence-electron chi connectivity index (χ0n) is 9.17. The van der Waals surface area contributed by atoms with Gasteiger partial charge in [0, 0.05) is 18.6 Å². The normalized spacial score (nSPS) is 22.4. The second-order valence-electron chi connectivity index (χ2n) is 4.96. The molecule has 0 spiro atoms. The van der Waals surface area contributed by atoms with Crippen LogP contribution in [-0.2, 0) is 0 Å². The topological polar surface area (TPSA) is 50.8 Å². The lowest BCUT2D eigenvalue weighted by molar-refractivity contribution is 0.0829. The lowest BCUT2D eigenvalue weighted by atomic mass is 9.80. The van der Waals surface area contributed by atoms with Crippen LogP contribution < -0.4 is 0 Å². The van der Waals surface area contributed by atoms with Gasteiger partial charge in [0.1, 0.15) is 5.41 Å². The summed E-state index contributed by atoms with van der Waals surface area (Å²) in [4.78, 5) is 2.33. The number of nitrogens with zero attached hydrogens (tertiary/aromatic N) is 3. The molecule has 0 aromatic heterocycles. The maximum Gasteiger partial charge on any atom is 0.146 e. The smallest absolute Gasteiger partial charge is 0.146 e. The summed E-state index contributed by atoms with van der Waals surface area (Å²) in [6.07, 6.45) is 1.36. The maximum absolute atomic E-state index is 8.94. The van der Waals surface area contributed by atoms with Gasteiger partial charge in [-0.1, -0.05) is 0 Å². The Morgan fingerprint density at radius 2 is 1.50 bits per heavy atom. The summed E-state index contributed by atoms with van der Waals surface area (Å²) in [7, 11) is 0. The minimum Gasteiger partial charge on any atom is -0.298 e. The Morgan fingerprint density at radius 3 is 1.79 bits per heavy atom. The minimum absolute atomic E-state index is 0.150. The van der Waals surface area contributed by atoms with Crippen LogP contribution in [0.25, 0.3) is 0 Å². The van der Waals surface area contributed by atoms with Crippen molar-refractivity contribution in [2.75, 3.05) is 13.1 Å². The van der Waals surface area contributed by atoms with E-state index in [0.717, 1.165) is 13.1 Å². The summed E-state index contributed by atoms with van der Waals surface area (Å²) in [5.74, 6) is 0. The van der Waals surface area contributed by atoms with E-state index in [1.807, 2.05) is 0 Å². The van der Waals surface area contributed by atoms with E-state index in [2.05, 4.69) is 37.8 Å². The predicted molar refractivity (Wildman–Crippen MR) is 54.2 cm³/mol. The number of hydrogen-bond donors (Lipinski definition) is 0. The molecule has 1 saturated heterocycles. The molecule has 3 nitrogen and oxygen atoms in total. The largest absolute Gasteiger partial charge is 0.298 e. The third kappa shape index (κ3) is 2.05. The van der Waals surface area contributed by atoms with Crippen LogP contribution in [0.3, 0.4) is 0 Å². The van der Waals surface area contributed by atoms with E-state index in [1.165, 1.54) is 0 Å². The summed E-state index contributed by atoms with van der Waals surface area (Å²) in [6.45, 7) is 8.20. The molecule has 0 bridgehead atoms. The molecule has 1 fully saturated rings. The van der Waals surface area contributed by atoms with E-state index in [9.17, 15) is 0 Å². The molecule has 0 unspecified atom stereocenters. The van der Waals surface area contributed by atoms with Gasteiger partial charge in [-0.05, 0) is 33.6 Å². The van der Waals surface area contributed by atoms with Crippen LogP contribution in [0.2, 0.25) is 0 Å². The van der Waals surface area contributed by atoms with Crippen LogP contribution in [-0.4, -0.2) is 23.5 Å². The molecule has 76 valence electrons. The Hall–Kier alpha value is -1.06. The van der Waals surface area contributed by atoms with Crippen LogP contribution in [0.15, 0.2) is 0 Å². The number of nitriles is 2. The summed E-state index contributed by atoms with van der Waals surface area (Å²) >= 11 is 0. The molecule has 0 atom stereocenters. The maximum atomic E-state index is 8.94. The van der Waals surface area contributed by atoms with Crippen LogP contribution in [0.5, 0.6) is 0 Å². The Kier molecular flexibility index (Phi) is 2.83. The Balaban J connectivity index is 2.65. The van der Waals surface area contributed by atoms with Crippen LogP contribution in [0, 0.1) is 28.1 Å². The van der Waals surface area contributed by atoms with Crippen molar-refractivity contribution in [2.45, 2.75) is 39.2 Å². The first-order valence-corrected chi connectivity index (χ1v) is 5.01. The molecule has 0 amide bonds. The standard InChI is InChI=1S/C11H17N3/c1-10(2,3)14-6-4-11(8-12,9-13)5-7-14/h4-7H2,1-3H3. The zero-order chi connectivity index (χ0) is 10.8. The van der Waals surface area contributed by atoms with Crippen molar-refractivity contribution < 1.29 is 0 Å². The quantitative estimate of drug-likeness (QED) is 0.587. The van der Waals surface area contributed by atoms with E-state index in [1.54, 1.807) is 0 Å². The molecule has 14 heavy (non-hydrogen) atoms. The van der Waals surface area contributed by atoms with Crippen molar-refractivity contribution in [1.82, 2.24) is 4.90 Å². The summed E-state index contributed by atoms with van der Waals surface area (Å²) in [6, 6.07) is 4.30. The number of rotatable bonds is 0. The first-order chi connectivity index (χ1) is 6.43. The molecule has 1 rings (SSSR count). The molecule has 3 heteroatoms. The van der Waals surface area contributed by atoms with Gasteiger partial charge in [0.05, 0.1) is 12.1 Å². The lowest BCUT2D eigenvalue weighted by Crippen LogP contribution is -2.48.